The lowest BCUT2D eigenvalue weighted by Gasteiger charge is -1.97. The summed E-state index contributed by atoms with van der Waals surface area (Å²) in [7, 11) is 0. The maximum Gasteiger partial charge on any atom is 0.257 e. The molecule has 0 bridgehead atoms. The number of rotatable bonds is 3. The molecule has 68 valence electrons. The van der Waals surface area contributed by atoms with Gasteiger partial charge in [0.05, 0.1) is 5.69 Å². The zero-order valence-corrected chi connectivity index (χ0v) is 7.22. The van der Waals surface area contributed by atoms with E-state index in [9.17, 15) is 8.78 Å². The molecule has 0 atom stereocenters. The molecule has 0 aliphatic carbocycles. The lowest BCUT2D eigenvalue weighted by molar-refractivity contribution is 0.121. The normalized spacial score (nSPS) is 11.1. The molecule has 0 saturated carbocycles. The fourth-order valence-corrected chi connectivity index (χ4v) is 1.14. The quantitative estimate of drug-likeness (QED) is 0.685. The van der Waals surface area contributed by atoms with Crippen molar-refractivity contribution in [3.05, 3.63) is 17.5 Å². The van der Waals surface area contributed by atoms with E-state index in [4.69, 9.17) is 0 Å². The molecular formula is C8H12F2N2. The van der Waals surface area contributed by atoms with E-state index in [-0.39, 0.29) is 6.54 Å². The molecule has 0 aromatic carbocycles. The van der Waals surface area contributed by atoms with E-state index in [0.717, 1.165) is 17.7 Å². The molecule has 0 amide bonds. The van der Waals surface area contributed by atoms with Crippen molar-refractivity contribution in [2.24, 2.45) is 0 Å². The van der Waals surface area contributed by atoms with E-state index in [1.807, 2.05) is 13.8 Å². The highest BCUT2D eigenvalue weighted by Gasteiger charge is 2.07. The second-order valence-corrected chi connectivity index (χ2v) is 2.71. The number of hydrogen-bond donors (Lipinski definition) is 0. The van der Waals surface area contributed by atoms with Gasteiger partial charge in [0.15, 0.2) is 0 Å². The lowest BCUT2D eigenvalue weighted by Crippen LogP contribution is -2.06. The van der Waals surface area contributed by atoms with Crippen LogP contribution in [0.4, 0.5) is 8.78 Å². The Morgan fingerprint density at radius 1 is 1.58 bits per heavy atom. The third-order valence-corrected chi connectivity index (χ3v) is 1.75. The Labute approximate surface area is 70.2 Å². The van der Waals surface area contributed by atoms with Crippen molar-refractivity contribution in [2.75, 3.05) is 0 Å². The summed E-state index contributed by atoms with van der Waals surface area (Å²) in [6.45, 7) is 3.51. The first-order chi connectivity index (χ1) is 5.63. The Balaban J connectivity index is 2.75. The van der Waals surface area contributed by atoms with Gasteiger partial charge in [-0.1, -0.05) is 6.92 Å². The molecule has 0 saturated heterocycles. The molecule has 1 aromatic rings. The number of hydrogen-bond acceptors (Lipinski definition) is 1. The van der Waals surface area contributed by atoms with E-state index in [0.29, 0.717) is 0 Å². The van der Waals surface area contributed by atoms with Gasteiger partial charge in [0.2, 0.25) is 0 Å². The van der Waals surface area contributed by atoms with Crippen molar-refractivity contribution < 1.29 is 8.78 Å². The monoisotopic (exact) mass is 174 g/mol. The smallest absolute Gasteiger partial charge is 0.257 e. The van der Waals surface area contributed by atoms with Crippen LogP contribution in [0.3, 0.4) is 0 Å². The van der Waals surface area contributed by atoms with Crippen molar-refractivity contribution in [1.29, 1.82) is 0 Å². The van der Waals surface area contributed by atoms with Crippen LogP contribution in [-0.4, -0.2) is 16.2 Å². The van der Waals surface area contributed by atoms with Crippen LogP contribution in [0.25, 0.3) is 0 Å². The minimum atomic E-state index is -2.32. The standard InChI is InChI=1S/C8H12F2N2/c1-3-7-4-12(5-8(9)10)11-6(7)2/h4,8H,3,5H2,1-2H3. The minimum Gasteiger partial charge on any atom is -0.266 e. The Kier molecular flexibility index (Phi) is 2.78. The van der Waals surface area contributed by atoms with E-state index in [2.05, 4.69) is 5.10 Å². The largest absolute Gasteiger partial charge is 0.266 e. The van der Waals surface area contributed by atoms with Crippen molar-refractivity contribution in [3.8, 4) is 0 Å². The topological polar surface area (TPSA) is 17.8 Å². The van der Waals surface area contributed by atoms with Crippen LogP contribution in [0.2, 0.25) is 0 Å². The summed E-state index contributed by atoms with van der Waals surface area (Å²) >= 11 is 0. The summed E-state index contributed by atoms with van der Waals surface area (Å²) in [4.78, 5) is 0. The number of alkyl halides is 2. The Bertz CT molecular complexity index is 256. The third-order valence-electron chi connectivity index (χ3n) is 1.75. The van der Waals surface area contributed by atoms with Gasteiger partial charge < -0.3 is 0 Å². The van der Waals surface area contributed by atoms with Crippen LogP contribution >= 0.6 is 0 Å². The molecular weight excluding hydrogens is 162 g/mol. The maximum atomic E-state index is 11.9. The molecule has 0 unspecified atom stereocenters. The predicted molar refractivity (Wildman–Crippen MR) is 42.3 cm³/mol. The molecule has 1 rings (SSSR count). The number of nitrogens with zero attached hydrogens (tertiary/aromatic N) is 2. The minimum absolute atomic E-state index is 0.305. The highest BCUT2D eigenvalue weighted by molar-refractivity contribution is 5.14. The second-order valence-electron chi connectivity index (χ2n) is 2.71. The molecule has 0 spiro atoms. The van der Waals surface area contributed by atoms with Gasteiger partial charge in [-0.15, -0.1) is 0 Å². The first-order valence-corrected chi connectivity index (χ1v) is 3.94. The van der Waals surface area contributed by atoms with Crippen LogP contribution < -0.4 is 0 Å². The van der Waals surface area contributed by atoms with Gasteiger partial charge in [-0.25, -0.2) is 8.78 Å². The highest BCUT2D eigenvalue weighted by atomic mass is 19.3. The summed E-state index contributed by atoms with van der Waals surface area (Å²) < 4.78 is 25.1. The van der Waals surface area contributed by atoms with E-state index >= 15 is 0 Å². The van der Waals surface area contributed by atoms with Crippen molar-refractivity contribution >= 4 is 0 Å². The number of aromatic nitrogens is 2. The first-order valence-electron chi connectivity index (χ1n) is 3.94. The van der Waals surface area contributed by atoms with Crippen LogP contribution in [0.5, 0.6) is 0 Å². The van der Waals surface area contributed by atoms with Crippen LogP contribution in [0, 0.1) is 6.92 Å². The van der Waals surface area contributed by atoms with Gasteiger partial charge in [-0.05, 0) is 18.9 Å². The average molecular weight is 174 g/mol. The van der Waals surface area contributed by atoms with E-state index in [1.54, 1.807) is 6.20 Å². The summed E-state index contributed by atoms with van der Waals surface area (Å²) in [6.07, 6.45) is 0.199. The van der Waals surface area contributed by atoms with E-state index < -0.39 is 6.43 Å². The summed E-state index contributed by atoms with van der Waals surface area (Å²) in [5, 5.41) is 3.96. The fourth-order valence-electron chi connectivity index (χ4n) is 1.14. The van der Waals surface area contributed by atoms with E-state index in [1.165, 1.54) is 4.68 Å². The molecule has 0 aliphatic rings. The van der Waals surface area contributed by atoms with Crippen LogP contribution in [0.1, 0.15) is 18.2 Å². The molecule has 12 heavy (non-hydrogen) atoms. The Hall–Kier alpha value is -0.930. The zero-order chi connectivity index (χ0) is 9.14. The molecule has 0 aliphatic heterocycles. The molecule has 1 aromatic heterocycles. The molecule has 0 radical (unpaired) electrons. The number of aryl methyl sites for hydroxylation is 2. The van der Waals surface area contributed by atoms with Gasteiger partial charge in [0, 0.05) is 6.20 Å². The first kappa shape index (κ1) is 9.16. The fraction of sp³-hybridized carbons (Fsp3) is 0.625. The summed E-state index contributed by atoms with van der Waals surface area (Å²) in [5.74, 6) is 0. The van der Waals surface area contributed by atoms with Crippen LogP contribution in [-0.2, 0) is 13.0 Å². The predicted octanol–water partition coefficient (Wildman–Crippen LogP) is 2.02. The maximum absolute atomic E-state index is 11.9. The molecule has 1 heterocycles. The van der Waals surface area contributed by atoms with Gasteiger partial charge in [-0.2, -0.15) is 5.10 Å². The van der Waals surface area contributed by atoms with Gasteiger partial charge >= 0.3 is 0 Å². The highest BCUT2D eigenvalue weighted by Crippen LogP contribution is 2.07. The summed E-state index contributed by atoms with van der Waals surface area (Å²) in [6, 6.07) is 0. The van der Waals surface area contributed by atoms with Crippen molar-refractivity contribution in [1.82, 2.24) is 9.78 Å². The van der Waals surface area contributed by atoms with Gasteiger partial charge in [0.25, 0.3) is 6.43 Å². The Morgan fingerprint density at radius 2 is 2.25 bits per heavy atom. The average Bonchev–Trinajstić information content (AvgIpc) is 2.29. The van der Waals surface area contributed by atoms with Crippen molar-refractivity contribution in [3.63, 3.8) is 0 Å². The van der Waals surface area contributed by atoms with Gasteiger partial charge in [-0.3, -0.25) is 4.68 Å². The lowest BCUT2D eigenvalue weighted by atomic mass is 10.2. The molecule has 0 N–H and O–H groups in total. The van der Waals surface area contributed by atoms with Crippen LogP contribution in [0.15, 0.2) is 6.20 Å². The third kappa shape index (κ3) is 2.03. The summed E-state index contributed by atoms with van der Waals surface area (Å²) in [5.41, 5.74) is 1.88. The van der Waals surface area contributed by atoms with Crippen molar-refractivity contribution in [2.45, 2.75) is 33.2 Å². The number of halogens is 2. The zero-order valence-electron chi connectivity index (χ0n) is 7.22. The molecule has 4 heteroatoms. The SMILES string of the molecule is CCc1cn(CC(F)F)nc1C. The second kappa shape index (κ2) is 3.65. The molecule has 2 nitrogen and oxygen atoms in total. The van der Waals surface area contributed by atoms with Gasteiger partial charge in [0.1, 0.15) is 6.54 Å². The Morgan fingerprint density at radius 3 is 2.67 bits per heavy atom. The molecule has 0 fully saturated rings.